The number of amides is 1. The topological polar surface area (TPSA) is 124 Å². The van der Waals surface area contributed by atoms with Crippen LogP contribution in [0.4, 0.5) is 29.4 Å². The molecule has 1 aromatic carbocycles. The van der Waals surface area contributed by atoms with E-state index in [-0.39, 0.29) is 24.3 Å². The van der Waals surface area contributed by atoms with Crippen molar-refractivity contribution in [3.63, 3.8) is 0 Å². The smallest absolute Gasteiger partial charge is 0.243 e. The highest BCUT2D eigenvalue weighted by Gasteiger charge is 2.32. The number of nitrogens with one attached hydrogen (secondary N) is 4. The Morgan fingerprint density at radius 1 is 1.25 bits per heavy atom. The van der Waals surface area contributed by atoms with Gasteiger partial charge in [0.1, 0.15) is 11.9 Å². The molecular formula is C25H30ClN9O. The number of terminal acetylenes is 1. The summed E-state index contributed by atoms with van der Waals surface area (Å²) in [5.41, 5.74) is 1.27. The number of carbonyl (C=O) groups excluding carboxylic acids is 1. The molecule has 36 heavy (non-hydrogen) atoms. The summed E-state index contributed by atoms with van der Waals surface area (Å²) in [5.74, 6) is 4.18. The normalized spacial score (nSPS) is 14.0. The number of aromatic nitrogens is 5. The summed E-state index contributed by atoms with van der Waals surface area (Å²) in [7, 11) is 1.81. The number of H-pyrrole nitrogens is 1. The Morgan fingerprint density at radius 3 is 2.64 bits per heavy atom. The van der Waals surface area contributed by atoms with Crippen LogP contribution in [-0.2, 0) is 4.79 Å². The van der Waals surface area contributed by atoms with Crippen molar-refractivity contribution in [2.24, 2.45) is 5.41 Å². The van der Waals surface area contributed by atoms with Gasteiger partial charge in [-0.2, -0.15) is 20.1 Å². The lowest BCUT2D eigenvalue weighted by Crippen LogP contribution is -2.48. The Labute approximate surface area is 215 Å². The van der Waals surface area contributed by atoms with E-state index in [1.807, 2.05) is 52.1 Å². The van der Waals surface area contributed by atoms with E-state index in [1.54, 1.807) is 11.0 Å². The molecule has 188 valence electrons. The summed E-state index contributed by atoms with van der Waals surface area (Å²) in [4.78, 5) is 28.4. The van der Waals surface area contributed by atoms with Gasteiger partial charge >= 0.3 is 0 Å². The number of aromatic amines is 1. The average Bonchev–Trinajstić information content (AvgIpc) is 3.59. The second-order valence-corrected chi connectivity index (χ2v) is 10.2. The zero-order valence-corrected chi connectivity index (χ0v) is 21.5. The largest absolute Gasteiger partial charge is 0.343 e. The highest BCUT2D eigenvalue weighted by Crippen LogP contribution is 2.39. The second kappa shape index (κ2) is 10.4. The summed E-state index contributed by atoms with van der Waals surface area (Å²) < 4.78 is 0. The van der Waals surface area contributed by atoms with Gasteiger partial charge in [0, 0.05) is 19.0 Å². The van der Waals surface area contributed by atoms with Crippen molar-refractivity contribution in [3.05, 3.63) is 41.0 Å². The molecule has 2 aromatic heterocycles. The molecular weight excluding hydrogens is 478 g/mol. The van der Waals surface area contributed by atoms with Crippen molar-refractivity contribution < 1.29 is 4.79 Å². The van der Waals surface area contributed by atoms with E-state index < -0.39 is 11.5 Å². The molecule has 1 aliphatic carbocycles. The quantitative estimate of drug-likeness (QED) is 0.317. The third kappa shape index (κ3) is 6.04. The fourth-order valence-electron chi connectivity index (χ4n) is 3.62. The third-order valence-corrected chi connectivity index (χ3v) is 6.06. The number of benzene rings is 1. The van der Waals surface area contributed by atoms with Crippen molar-refractivity contribution >= 4 is 46.9 Å². The molecule has 1 atom stereocenters. The second-order valence-electron chi connectivity index (χ2n) is 9.76. The first-order valence-electron chi connectivity index (χ1n) is 11.7. The van der Waals surface area contributed by atoms with Crippen molar-refractivity contribution in [1.82, 2.24) is 30.5 Å². The molecule has 1 amide bonds. The van der Waals surface area contributed by atoms with Crippen LogP contribution in [0, 0.1) is 17.8 Å². The number of rotatable bonds is 9. The highest BCUT2D eigenvalue weighted by molar-refractivity contribution is 6.33. The van der Waals surface area contributed by atoms with Crippen LogP contribution in [0.3, 0.4) is 0 Å². The average molecular weight is 508 g/mol. The monoisotopic (exact) mass is 507 g/mol. The first kappa shape index (κ1) is 25.3. The van der Waals surface area contributed by atoms with E-state index in [0.717, 1.165) is 24.2 Å². The maximum atomic E-state index is 12.9. The third-order valence-electron chi connectivity index (χ3n) is 5.74. The van der Waals surface area contributed by atoms with E-state index in [1.165, 1.54) is 0 Å². The number of para-hydroxylation sites is 1. The minimum Gasteiger partial charge on any atom is -0.343 e. The van der Waals surface area contributed by atoms with Crippen molar-refractivity contribution in [2.45, 2.75) is 45.6 Å². The van der Waals surface area contributed by atoms with E-state index >= 15 is 0 Å². The molecule has 1 fully saturated rings. The molecule has 0 bridgehead atoms. The Balaban J connectivity index is 1.69. The minimum atomic E-state index is -0.659. The van der Waals surface area contributed by atoms with Crippen LogP contribution in [0.5, 0.6) is 0 Å². The van der Waals surface area contributed by atoms with Gasteiger partial charge in [0.15, 0.2) is 0 Å². The molecule has 0 unspecified atom stereocenters. The van der Waals surface area contributed by atoms with Crippen LogP contribution in [-0.4, -0.2) is 50.7 Å². The molecule has 0 radical (unpaired) electrons. The molecule has 10 nitrogen and oxygen atoms in total. The molecule has 4 N–H and O–H groups in total. The van der Waals surface area contributed by atoms with Gasteiger partial charge in [0.2, 0.25) is 23.8 Å². The lowest BCUT2D eigenvalue weighted by molar-refractivity contribution is -0.123. The first-order valence-corrected chi connectivity index (χ1v) is 12.1. The number of hydrogen-bond donors (Lipinski definition) is 4. The van der Waals surface area contributed by atoms with Crippen LogP contribution < -0.4 is 20.9 Å². The zero-order valence-electron chi connectivity index (χ0n) is 20.8. The van der Waals surface area contributed by atoms with Gasteiger partial charge in [-0.15, -0.1) is 6.42 Å². The lowest BCUT2D eigenvalue weighted by Gasteiger charge is -2.30. The standard InChI is InChI=1S/C25H30ClN9O/c1-6-13-27-21(36)20(25(2,3)4)29-23-30-22(28-19-14-17(33-34-19)15-11-12-15)31-24(32-23)35(5)18-10-8-7-9-16(18)26/h1,7-10,14-15,20H,11-13H2,2-5H3,(H,27,36)(H3,28,29,30,31,32,33,34)/t20-/m1/s1. The Bertz CT molecular complexity index is 1270. The molecule has 0 saturated heterocycles. The molecule has 0 aliphatic heterocycles. The van der Waals surface area contributed by atoms with Gasteiger partial charge in [-0.05, 0) is 30.4 Å². The highest BCUT2D eigenvalue weighted by atomic mass is 35.5. The Morgan fingerprint density at radius 2 is 1.97 bits per heavy atom. The van der Waals surface area contributed by atoms with E-state index in [9.17, 15) is 4.79 Å². The Hall–Kier alpha value is -3.84. The van der Waals surface area contributed by atoms with E-state index in [0.29, 0.717) is 22.7 Å². The minimum absolute atomic E-state index is 0.126. The molecule has 0 spiro atoms. The predicted octanol–water partition coefficient (Wildman–Crippen LogP) is 4.21. The van der Waals surface area contributed by atoms with Crippen molar-refractivity contribution in [1.29, 1.82) is 0 Å². The SMILES string of the molecule is C#CCNC(=O)[C@@H](Nc1nc(Nc2cc(C3CC3)n[nH]2)nc(N(C)c2ccccc2Cl)n1)C(C)(C)C. The van der Waals surface area contributed by atoms with Crippen molar-refractivity contribution in [3.8, 4) is 12.3 Å². The molecule has 1 aliphatic rings. The summed E-state index contributed by atoms with van der Waals surface area (Å²) in [6.45, 7) is 5.96. The summed E-state index contributed by atoms with van der Waals surface area (Å²) in [5, 5.41) is 17.0. The number of carbonyl (C=O) groups is 1. The van der Waals surface area contributed by atoms with Gasteiger partial charge in [-0.1, -0.05) is 50.4 Å². The molecule has 3 aromatic rings. The number of nitrogens with zero attached hydrogens (tertiary/aromatic N) is 5. The molecule has 1 saturated carbocycles. The van der Waals surface area contributed by atoms with Gasteiger partial charge in [-0.25, -0.2) is 0 Å². The Kier molecular flexibility index (Phi) is 7.31. The van der Waals surface area contributed by atoms with Crippen LogP contribution in [0.1, 0.15) is 45.2 Å². The molecule has 4 rings (SSSR count). The van der Waals surface area contributed by atoms with E-state index in [2.05, 4.69) is 47.0 Å². The van der Waals surface area contributed by atoms with Crippen LogP contribution >= 0.6 is 11.6 Å². The molecule has 11 heteroatoms. The van der Waals surface area contributed by atoms with Crippen LogP contribution in [0.25, 0.3) is 0 Å². The fourth-order valence-corrected chi connectivity index (χ4v) is 3.88. The number of halogens is 1. The summed E-state index contributed by atoms with van der Waals surface area (Å²) in [6, 6.07) is 8.69. The van der Waals surface area contributed by atoms with Gasteiger partial charge < -0.3 is 20.9 Å². The predicted molar refractivity (Wildman–Crippen MR) is 142 cm³/mol. The first-order chi connectivity index (χ1) is 17.2. The van der Waals surface area contributed by atoms with Crippen LogP contribution in [0.2, 0.25) is 5.02 Å². The number of hydrogen-bond acceptors (Lipinski definition) is 8. The lowest BCUT2D eigenvalue weighted by atomic mass is 9.86. The maximum absolute atomic E-state index is 12.9. The molecule has 2 heterocycles. The summed E-state index contributed by atoms with van der Waals surface area (Å²) >= 11 is 6.42. The number of anilines is 5. The summed E-state index contributed by atoms with van der Waals surface area (Å²) in [6.07, 6.45) is 7.62. The van der Waals surface area contributed by atoms with Crippen molar-refractivity contribution in [2.75, 3.05) is 29.1 Å². The van der Waals surface area contributed by atoms with Gasteiger partial charge in [0.05, 0.1) is 22.9 Å². The zero-order chi connectivity index (χ0) is 25.9. The maximum Gasteiger partial charge on any atom is 0.243 e. The van der Waals surface area contributed by atoms with E-state index in [4.69, 9.17) is 18.0 Å². The van der Waals surface area contributed by atoms with Gasteiger partial charge in [-0.3, -0.25) is 9.89 Å². The fraction of sp³-hybridized carbons (Fsp3) is 0.400. The van der Waals surface area contributed by atoms with Crippen LogP contribution in [0.15, 0.2) is 30.3 Å². The van der Waals surface area contributed by atoms with Gasteiger partial charge in [0.25, 0.3) is 0 Å².